The molecule has 0 radical (unpaired) electrons. The van der Waals surface area contributed by atoms with Crippen LogP contribution in [0.15, 0.2) is 34.9 Å². The maximum absolute atomic E-state index is 12.9. The Bertz CT molecular complexity index is 843. The van der Waals surface area contributed by atoms with E-state index in [1.54, 1.807) is 17.9 Å². The van der Waals surface area contributed by atoms with Crippen molar-refractivity contribution in [1.82, 2.24) is 15.4 Å². The van der Waals surface area contributed by atoms with E-state index >= 15 is 0 Å². The van der Waals surface area contributed by atoms with Crippen LogP contribution in [0.1, 0.15) is 40.2 Å². The topological polar surface area (TPSA) is 95.7 Å². The van der Waals surface area contributed by atoms with Gasteiger partial charge in [-0.15, -0.1) is 0 Å². The number of rotatable bonds is 3. The minimum absolute atomic E-state index is 0.0195. The second-order valence-corrected chi connectivity index (χ2v) is 7.52. The van der Waals surface area contributed by atoms with Crippen molar-refractivity contribution in [2.24, 2.45) is 0 Å². The molecule has 0 atom stereocenters. The molecule has 1 aromatic carbocycles. The van der Waals surface area contributed by atoms with Gasteiger partial charge in [-0.05, 0) is 30.9 Å². The number of likely N-dealkylation sites (tertiary alicyclic amines) is 1. The van der Waals surface area contributed by atoms with Crippen molar-refractivity contribution >= 4 is 11.8 Å². The molecule has 2 amide bonds. The fourth-order valence-electron chi connectivity index (χ4n) is 4.00. The van der Waals surface area contributed by atoms with Crippen LogP contribution in [0.4, 0.5) is 0 Å². The molecule has 1 fully saturated rings. The summed E-state index contributed by atoms with van der Waals surface area (Å²) in [5.74, 6) is 0.114. The predicted octanol–water partition coefficient (Wildman–Crippen LogP) is 1.23. The number of aryl methyl sites for hydroxylation is 1. The van der Waals surface area contributed by atoms with Crippen LogP contribution in [-0.4, -0.2) is 51.7 Å². The van der Waals surface area contributed by atoms with Crippen molar-refractivity contribution in [2.45, 2.75) is 44.2 Å². The maximum Gasteiger partial charge on any atom is 0.273 e. The average molecular weight is 369 g/mol. The number of carbonyl (C=O) groups excluding carboxylic acids is 2. The molecule has 2 aromatic rings. The summed E-state index contributed by atoms with van der Waals surface area (Å²) in [7, 11) is 0. The molecule has 0 bridgehead atoms. The molecular weight excluding hydrogens is 346 g/mol. The third-order valence-electron chi connectivity index (χ3n) is 5.46. The maximum atomic E-state index is 12.9. The lowest BCUT2D eigenvalue weighted by molar-refractivity contribution is -0.151. The first-order valence-electron chi connectivity index (χ1n) is 9.27. The smallest absolute Gasteiger partial charge is 0.273 e. The Hall–Kier alpha value is -2.67. The van der Waals surface area contributed by atoms with Gasteiger partial charge in [-0.1, -0.05) is 29.4 Å². The summed E-state index contributed by atoms with van der Waals surface area (Å²) in [6.07, 6.45) is 2.03. The highest BCUT2D eigenvalue weighted by molar-refractivity contribution is 5.92. The highest BCUT2D eigenvalue weighted by atomic mass is 16.5. The Labute approximate surface area is 157 Å². The van der Waals surface area contributed by atoms with Gasteiger partial charge in [-0.25, -0.2) is 0 Å². The lowest BCUT2D eigenvalue weighted by Crippen LogP contribution is -2.54. The second kappa shape index (κ2) is 6.81. The number of amides is 2. The van der Waals surface area contributed by atoms with Gasteiger partial charge >= 0.3 is 0 Å². The van der Waals surface area contributed by atoms with Gasteiger partial charge in [0.1, 0.15) is 5.76 Å². The van der Waals surface area contributed by atoms with Gasteiger partial charge < -0.3 is 19.8 Å². The number of nitrogens with zero attached hydrogens (tertiary/aromatic N) is 2. The van der Waals surface area contributed by atoms with E-state index in [1.807, 2.05) is 24.3 Å². The van der Waals surface area contributed by atoms with Crippen LogP contribution in [0.25, 0.3) is 0 Å². The van der Waals surface area contributed by atoms with Crippen LogP contribution >= 0.6 is 0 Å². The number of benzene rings is 1. The molecule has 0 spiro atoms. The lowest BCUT2D eigenvalue weighted by Gasteiger charge is -2.36. The Balaban J connectivity index is 1.33. The molecule has 7 heteroatoms. The summed E-state index contributed by atoms with van der Waals surface area (Å²) < 4.78 is 4.93. The zero-order valence-electron chi connectivity index (χ0n) is 15.3. The lowest BCUT2D eigenvalue weighted by atomic mass is 9.96. The van der Waals surface area contributed by atoms with Crippen LogP contribution in [0.5, 0.6) is 0 Å². The number of nitrogens with one attached hydrogen (secondary N) is 1. The highest BCUT2D eigenvalue weighted by Gasteiger charge is 2.44. The van der Waals surface area contributed by atoms with Crippen LogP contribution in [0.2, 0.25) is 0 Å². The van der Waals surface area contributed by atoms with Crippen molar-refractivity contribution in [3.63, 3.8) is 0 Å². The second-order valence-electron chi connectivity index (χ2n) is 7.52. The third-order valence-corrected chi connectivity index (χ3v) is 5.46. The molecule has 142 valence electrons. The van der Waals surface area contributed by atoms with Crippen LogP contribution < -0.4 is 5.32 Å². The molecule has 1 aliphatic heterocycles. The number of aromatic nitrogens is 1. The quantitative estimate of drug-likeness (QED) is 0.849. The van der Waals surface area contributed by atoms with Crippen molar-refractivity contribution in [3.8, 4) is 0 Å². The van der Waals surface area contributed by atoms with Crippen molar-refractivity contribution in [3.05, 3.63) is 52.9 Å². The Morgan fingerprint density at radius 2 is 1.85 bits per heavy atom. The van der Waals surface area contributed by atoms with Crippen molar-refractivity contribution < 1.29 is 19.2 Å². The molecular formula is C20H23N3O4. The first kappa shape index (κ1) is 17.7. The number of piperidine rings is 1. The van der Waals surface area contributed by atoms with E-state index in [9.17, 15) is 14.7 Å². The van der Waals surface area contributed by atoms with E-state index in [0.717, 1.165) is 11.1 Å². The number of carbonyl (C=O) groups is 2. The zero-order chi connectivity index (χ0) is 19.0. The summed E-state index contributed by atoms with van der Waals surface area (Å²) in [5, 5.41) is 17.6. The zero-order valence-corrected chi connectivity index (χ0v) is 15.3. The summed E-state index contributed by atoms with van der Waals surface area (Å²) >= 11 is 0. The predicted molar refractivity (Wildman–Crippen MR) is 97.1 cm³/mol. The molecule has 4 rings (SSSR count). The minimum atomic E-state index is -1.35. The molecule has 7 nitrogen and oxygen atoms in total. The normalized spacial score (nSPS) is 19.0. The van der Waals surface area contributed by atoms with Crippen molar-refractivity contribution in [1.29, 1.82) is 0 Å². The van der Waals surface area contributed by atoms with Gasteiger partial charge in [0.2, 0.25) is 0 Å². The van der Waals surface area contributed by atoms with E-state index < -0.39 is 5.60 Å². The molecule has 0 unspecified atom stereocenters. The van der Waals surface area contributed by atoms with E-state index in [4.69, 9.17) is 4.52 Å². The van der Waals surface area contributed by atoms with E-state index in [-0.39, 0.29) is 23.6 Å². The Morgan fingerprint density at radius 3 is 2.41 bits per heavy atom. The minimum Gasteiger partial charge on any atom is -0.379 e. The van der Waals surface area contributed by atoms with Gasteiger partial charge in [0.15, 0.2) is 11.3 Å². The van der Waals surface area contributed by atoms with Crippen LogP contribution in [0, 0.1) is 6.92 Å². The Morgan fingerprint density at radius 1 is 1.22 bits per heavy atom. The first-order valence-corrected chi connectivity index (χ1v) is 9.27. The van der Waals surface area contributed by atoms with Gasteiger partial charge in [-0.3, -0.25) is 9.59 Å². The number of hydrogen-bond acceptors (Lipinski definition) is 5. The molecule has 2 N–H and O–H groups in total. The summed E-state index contributed by atoms with van der Waals surface area (Å²) in [6, 6.07) is 9.37. The highest BCUT2D eigenvalue weighted by Crippen LogP contribution is 2.32. The Kier molecular flexibility index (Phi) is 4.47. The number of hydrogen-bond donors (Lipinski definition) is 2. The van der Waals surface area contributed by atoms with Gasteiger partial charge in [0.25, 0.3) is 11.8 Å². The first-order chi connectivity index (χ1) is 12.9. The fraction of sp³-hybridized carbons (Fsp3) is 0.450. The number of aliphatic hydroxyl groups is 1. The largest absolute Gasteiger partial charge is 0.379 e. The van der Waals surface area contributed by atoms with Gasteiger partial charge in [0, 0.05) is 38.0 Å². The summed E-state index contributed by atoms with van der Waals surface area (Å²) in [4.78, 5) is 26.8. The monoisotopic (exact) mass is 369 g/mol. The van der Waals surface area contributed by atoms with Crippen LogP contribution in [0.3, 0.4) is 0 Å². The molecule has 1 aliphatic carbocycles. The fourth-order valence-corrected chi connectivity index (χ4v) is 4.00. The van der Waals surface area contributed by atoms with Crippen molar-refractivity contribution in [2.75, 3.05) is 13.1 Å². The molecule has 27 heavy (non-hydrogen) atoms. The standard InChI is InChI=1S/C20H23N3O4/c1-13-10-17(22-27-13)18(24)21-16-6-8-23(9-7-16)19(25)20(26)11-14-4-2-3-5-15(14)12-20/h2-5,10,16,26H,6-9,11-12H2,1H3,(H,21,24). The number of fused-ring (bicyclic) bond motifs is 1. The molecule has 2 aliphatic rings. The third kappa shape index (κ3) is 3.47. The van der Waals surface area contributed by atoms with Gasteiger partial charge in [-0.2, -0.15) is 0 Å². The van der Waals surface area contributed by atoms with Crippen LogP contribution in [-0.2, 0) is 17.6 Å². The summed E-state index contributed by atoms with van der Waals surface area (Å²) in [5.41, 5.74) is 0.999. The van der Waals surface area contributed by atoms with E-state index in [0.29, 0.717) is 44.5 Å². The summed E-state index contributed by atoms with van der Waals surface area (Å²) in [6.45, 7) is 2.76. The SMILES string of the molecule is Cc1cc(C(=O)NC2CCN(C(=O)C3(O)Cc4ccccc4C3)CC2)no1. The average Bonchev–Trinajstić information content (AvgIpc) is 3.25. The molecule has 0 saturated carbocycles. The van der Waals surface area contributed by atoms with E-state index in [2.05, 4.69) is 10.5 Å². The van der Waals surface area contributed by atoms with Gasteiger partial charge in [0.05, 0.1) is 0 Å². The molecule has 1 saturated heterocycles. The molecule has 2 heterocycles. The molecule has 1 aromatic heterocycles. The van der Waals surface area contributed by atoms with E-state index in [1.165, 1.54) is 0 Å².